The maximum atomic E-state index is 13.3. The Bertz CT molecular complexity index is 1180. The molecule has 10 heteroatoms. The van der Waals surface area contributed by atoms with Crippen molar-refractivity contribution in [2.24, 2.45) is 0 Å². The summed E-state index contributed by atoms with van der Waals surface area (Å²) in [5.41, 5.74) is 4.13. The summed E-state index contributed by atoms with van der Waals surface area (Å²) in [5, 5.41) is 4.11. The number of ether oxygens (including phenoxy) is 3. The number of anilines is 2. The molecule has 0 spiro atoms. The molecule has 4 heterocycles. The normalized spacial score (nSPS) is 17.0. The zero-order chi connectivity index (χ0) is 24.2. The van der Waals surface area contributed by atoms with E-state index >= 15 is 0 Å². The fourth-order valence-electron chi connectivity index (χ4n) is 4.39. The van der Waals surface area contributed by atoms with Crippen molar-refractivity contribution >= 4 is 28.4 Å². The van der Waals surface area contributed by atoms with Gasteiger partial charge in [0.05, 0.1) is 37.6 Å². The van der Waals surface area contributed by atoms with E-state index in [1.165, 1.54) is 5.56 Å². The number of aromatic amines is 1. The largest absolute Gasteiger partial charge is 0.476 e. The fourth-order valence-corrected chi connectivity index (χ4v) is 4.39. The molecule has 3 aromatic rings. The van der Waals surface area contributed by atoms with Crippen LogP contribution in [0.25, 0.3) is 10.9 Å². The smallest absolute Gasteiger partial charge is 0.274 e. The molecule has 2 N–H and O–H groups in total. The molecule has 1 aromatic carbocycles. The highest BCUT2D eigenvalue weighted by molar-refractivity contribution is 6.08. The van der Waals surface area contributed by atoms with Crippen LogP contribution in [-0.2, 0) is 9.47 Å². The first-order valence-corrected chi connectivity index (χ1v) is 12.1. The standard InChI is InChI=1S/C25H32N6O4/c1-17-18(2)26-23-19(17)4-3-5-20(23)27-24(32)21-16-22(35-15-8-30-6-11-33-12-7-30)29-25(28-21)31-9-13-34-14-10-31/h3-5,16,26H,6-15H2,1-2H3,(H,27,32). The molecule has 2 fully saturated rings. The van der Waals surface area contributed by atoms with E-state index in [0.717, 1.165) is 49.4 Å². The number of carbonyl (C=O) groups excluding carboxylic acids is 1. The lowest BCUT2D eigenvalue weighted by molar-refractivity contribution is 0.0320. The summed E-state index contributed by atoms with van der Waals surface area (Å²) in [6.07, 6.45) is 0. The van der Waals surface area contributed by atoms with Crippen molar-refractivity contribution in [1.29, 1.82) is 0 Å². The molecule has 0 radical (unpaired) electrons. The van der Waals surface area contributed by atoms with Gasteiger partial charge in [0.15, 0.2) is 0 Å². The Hall–Kier alpha value is -3.21. The van der Waals surface area contributed by atoms with Gasteiger partial charge in [-0.25, -0.2) is 4.98 Å². The molecule has 0 unspecified atom stereocenters. The van der Waals surface area contributed by atoms with Crippen molar-refractivity contribution in [2.45, 2.75) is 13.8 Å². The van der Waals surface area contributed by atoms with E-state index in [9.17, 15) is 4.79 Å². The molecule has 2 aliphatic rings. The third kappa shape index (κ3) is 5.39. The number of hydrogen-bond acceptors (Lipinski definition) is 8. The molecule has 0 saturated carbocycles. The summed E-state index contributed by atoms with van der Waals surface area (Å²) in [7, 11) is 0. The molecule has 2 aliphatic heterocycles. The predicted molar refractivity (Wildman–Crippen MR) is 134 cm³/mol. The summed E-state index contributed by atoms with van der Waals surface area (Å²) in [6.45, 7) is 11.1. The van der Waals surface area contributed by atoms with Gasteiger partial charge in [-0.1, -0.05) is 12.1 Å². The summed E-state index contributed by atoms with van der Waals surface area (Å²) in [4.78, 5) is 30.2. The average Bonchev–Trinajstić information content (AvgIpc) is 3.19. The van der Waals surface area contributed by atoms with Crippen LogP contribution < -0.4 is 15.0 Å². The molecule has 2 saturated heterocycles. The first kappa shape index (κ1) is 23.5. The zero-order valence-electron chi connectivity index (χ0n) is 20.3. The summed E-state index contributed by atoms with van der Waals surface area (Å²) in [6, 6.07) is 7.49. The van der Waals surface area contributed by atoms with Gasteiger partial charge in [0.2, 0.25) is 11.8 Å². The summed E-state index contributed by atoms with van der Waals surface area (Å²) < 4.78 is 16.9. The molecule has 2 aromatic heterocycles. The Kier molecular flexibility index (Phi) is 7.12. The summed E-state index contributed by atoms with van der Waals surface area (Å²) in [5.74, 6) is 0.564. The predicted octanol–water partition coefficient (Wildman–Crippen LogP) is 2.37. The molecule has 0 bridgehead atoms. The highest BCUT2D eigenvalue weighted by atomic mass is 16.5. The average molecular weight is 481 g/mol. The minimum absolute atomic E-state index is 0.264. The minimum Gasteiger partial charge on any atom is -0.476 e. The molecule has 10 nitrogen and oxygen atoms in total. The van der Waals surface area contributed by atoms with E-state index in [-0.39, 0.29) is 11.6 Å². The molecule has 0 atom stereocenters. The first-order valence-electron chi connectivity index (χ1n) is 12.1. The van der Waals surface area contributed by atoms with Crippen LogP contribution in [0.2, 0.25) is 0 Å². The number of H-pyrrole nitrogens is 1. The van der Waals surface area contributed by atoms with Crippen LogP contribution in [-0.4, -0.2) is 91.5 Å². The molecular formula is C25H32N6O4. The van der Waals surface area contributed by atoms with Crippen molar-refractivity contribution in [3.63, 3.8) is 0 Å². The number of morpholine rings is 2. The number of nitrogens with zero attached hydrogens (tertiary/aromatic N) is 4. The van der Waals surface area contributed by atoms with Gasteiger partial charge in [-0.2, -0.15) is 4.98 Å². The molecule has 186 valence electrons. The SMILES string of the molecule is Cc1[nH]c2c(NC(=O)c3cc(OCCN4CCOCC4)nc(N4CCOCC4)n3)cccc2c1C. The number of benzene rings is 1. The van der Waals surface area contributed by atoms with E-state index in [1.807, 2.05) is 30.0 Å². The second-order valence-corrected chi connectivity index (χ2v) is 8.85. The topological polar surface area (TPSA) is 105 Å². The molecule has 35 heavy (non-hydrogen) atoms. The van der Waals surface area contributed by atoms with Gasteiger partial charge in [0, 0.05) is 49.9 Å². The number of hydrogen-bond donors (Lipinski definition) is 2. The van der Waals surface area contributed by atoms with Gasteiger partial charge in [-0.3, -0.25) is 9.69 Å². The van der Waals surface area contributed by atoms with Crippen molar-refractivity contribution in [2.75, 3.05) is 76.0 Å². The van der Waals surface area contributed by atoms with Crippen LogP contribution in [0.1, 0.15) is 21.7 Å². The molecule has 0 aliphatic carbocycles. The fraction of sp³-hybridized carbons (Fsp3) is 0.480. The van der Waals surface area contributed by atoms with Gasteiger partial charge < -0.3 is 29.4 Å². The zero-order valence-corrected chi connectivity index (χ0v) is 20.3. The number of rotatable bonds is 7. The highest BCUT2D eigenvalue weighted by Gasteiger charge is 2.20. The second kappa shape index (κ2) is 10.6. The van der Waals surface area contributed by atoms with Gasteiger partial charge in [-0.05, 0) is 25.5 Å². The van der Waals surface area contributed by atoms with Crippen molar-refractivity contribution in [3.05, 3.63) is 41.2 Å². The molecule has 1 amide bonds. The van der Waals surface area contributed by atoms with Crippen LogP contribution >= 0.6 is 0 Å². The Morgan fingerprint density at radius 1 is 1.09 bits per heavy atom. The summed E-state index contributed by atoms with van der Waals surface area (Å²) >= 11 is 0. The third-order valence-electron chi connectivity index (χ3n) is 6.57. The van der Waals surface area contributed by atoms with Crippen LogP contribution in [0.5, 0.6) is 5.88 Å². The maximum Gasteiger partial charge on any atom is 0.274 e. The lowest BCUT2D eigenvalue weighted by Crippen LogP contribution is -2.39. The molecule has 5 rings (SSSR count). The minimum atomic E-state index is -0.308. The number of para-hydroxylation sites is 1. The number of aryl methyl sites for hydroxylation is 2. The first-order chi connectivity index (χ1) is 17.1. The monoisotopic (exact) mass is 480 g/mol. The van der Waals surface area contributed by atoms with Crippen molar-refractivity contribution in [3.8, 4) is 5.88 Å². The lowest BCUT2D eigenvalue weighted by atomic mass is 10.1. The Balaban J connectivity index is 1.36. The van der Waals surface area contributed by atoms with E-state index < -0.39 is 0 Å². The third-order valence-corrected chi connectivity index (χ3v) is 6.57. The second-order valence-electron chi connectivity index (χ2n) is 8.85. The van der Waals surface area contributed by atoms with Gasteiger partial charge in [0.25, 0.3) is 5.91 Å². The Labute approximate surface area is 204 Å². The number of nitrogens with one attached hydrogen (secondary N) is 2. The van der Waals surface area contributed by atoms with Crippen molar-refractivity contribution in [1.82, 2.24) is 19.9 Å². The number of amides is 1. The van der Waals surface area contributed by atoms with Crippen molar-refractivity contribution < 1.29 is 19.0 Å². The lowest BCUT2D eigenvalue weighted by Gasteiger charge is -2.27. The quantitative estimate of drug-likeness (QED) is 0.531. The van der Waals surface area contributed by atoms with E-state index in [0.29, 0.717) is 50.4 Å². The van der Waals surface area contributed by atoms with Crippen LogP contribution in [0.3, 0.4) is 0 Å². The number of fused-ring (bicyclic) bond motifs is 1. The van der Waals surface area contributed by atoms with Crippen LogP contribution in [0.4, 0.5) is 11.6 Å². The maximum absolute atomic E-state index is 13.3. The van der Waals surface area contributed by atoms with Gasteiger partial charge >= 0.3 is 0 Å². The van der Waals surface area contributed by atoms with E-state index in [2.05, 4.69) is 32.1 Å². The highest BCUT2D eigenvalue weighted by Crippen LogP contribution is 2.28. The number of carbonyl (C=O) groups is 1. The molecular weight excluding hydrogens is 448 g/mol. The van der Waals surface area contributed by atoms with E-state index in [4.69, 9.17) is 14.2 Å². The van der Waals surface area contributed by atoms with Gasteiger partial charge in [0.1, 0.15) is 12.3 Å². The van der Waals surface area contributed by atoms with Crippen LogP contribution in [0, 0.1) is 13.8 Å². The Morgan fingerprint density at radius 3 is 2.60 bits per heavy atom. The number of aromatic nitrogens is 3. The van der Waals surface area contributed by atoms with Gasteiger partial charge in [-0.15, -0.1) is 0 Å². The van der Waals surface area contributed by atoms with E-state index in [1.54, 1.807) is 6.07 Å². The van der Waals surface area contributed by atoms with Crippen LogP contribution in [0.15, 0.2) is 24.3 Å². The Morgan fingerprint density at radius 2 is 1.83 bits per heavy atom.